The Morgan fingerprint density at radius 1 is 1.27 bits per heavy atom. The van der Waals surface area contributed by atoms with E-state index >= 15 is 0 Å². The van der Waals surface area contributed by atoms with E-state index in [0.29, 0.717) is 12.5 Å². The van der Waals surface area contributed by atoms with E-state index in [1.807, 2.05) is 6.08 Å². The number of allylic oxidation sites excluding steroid dienone is 1. The molecule has 0 amide bonds. The molecule has 0 rings (SSSR count). The fraction of sp³-hybridized carbons (Fsp3) is 0.769. The summed E-state index contributed by atoms with van der Waals surface area (Å²) >= 11 is 0. The Bertz CT molecular complexity index is 191. The molecule has 0 spiro atoms. The van der Waals surface area contributed by atoms with Gasteiger partial charge >= 0.3 is 0 Å². The van der Waals surface area contributed by atoms with Gasteiger partial charge in [0.15, 0.2) is 0 Å². The Balaban J connectivity index is 3.57. The minimum Gasteiger partial charge on any atom is -0.300 e. The summed E-state index contributed by atoms with van der Waals surface area (Å²) < 4.78 is 0. The van der Waals surface area contributed by atoms with Crippen molar-refractivity contribution in [3.8, 4) is 6.07 Å². The molecular weight excluding hydrogens is 184 g/mol. The lowest BCUT2D eigenvalue weighted by atomic mass is 10.1. The summed E-state index contributed by atoms with van der Waals surface area (Å²) in [6, 6.07) is 2.76. The number of nitrogens with zero attached hydrogens (tertiary/aromatic N) is 2. The van der Waals surface area contributed by atoms with E-state index in [1.165, 1.54) is 19.3 Å². The van der Waals surface area contributed by atoms with Gasteiger partial charge in [-0.05, 0) is 39.7 Å². The van der Waals surface area contributed by atoms with Gasteiger partial charge in [-0.3, -0.25) is 4.90 Å². The normalized spacial score (nSPS) is 10.6. The summed E-state index contributed by atoms with van der Waals surface area (Å²) in [5.41, 5.74) is 0. The van der Waals surface area contributed by atoms with Gasteiger partial charge in [-0.25, -0.2) is 0 Å². The van der Waals surface area contributed by atoms with Crippen LogP contribution in [0.3, 0.4) is 0 Å². The van der Waals surface area contributed by atoms with E-state index in [9.17, 15) is 0 Å². The molecule has 0 aromatic heterocycles. The molecule has 0 aliphatic heterocycles. The second kappa shape index (κ2) is 9.73. The highest BCUT2D eigenvalue weighted by Gasteiger charge is 2.07. The number of hydrogen-bond acceptors (Lipinski definition) is 2. The molecule has 0 radical (unpaired) electrons. The van der Waals surface area contributed by atoms with Crippen molar-refractivity contribution in [2.45, 2.75) is 52.0 Å². The zero-order valence-electron chi connectivity index (χ0n) is 10.2. The lowest BCUT2D eigenvalue weighted by molar-refractivity contribution is 0.222. The van der Waals surface area contributed by atoms with E-state index in [0.717, 1.165) is 19.5 Å². The third-order valence-electron chi connectivity index (χ3n) is 2.59. The first-order valence-electron chi connectivity index (χ1n) is 5.94. The zero-order valence-corrected chi connectivity index (χ0v) is 10.2. The molecule has 15 heavy (non-hydrogen) atoms. The molecule has 0 aliphatic carbocycles. The topological polar surface area (TPSA) is 27.0 Å². The van der Waals surface area contributed by atoms with Crippen molar-refractivity contribution in [1.82, 2.24) is 4.90 Å². The van der Waals surface area contributed by atoms with Crippen LogP contribution in [0.15, 0.2) is 12.7 Å². The van der Waals surface area contributed by atoms with E-state index in [-0.39, 0.29) is 0 Å². The quantitative estimate of drug-likeness (QED) is 0.429. The first-order valence-corrected chi connectivity index (χ1v) is 5.94. The maximum Gasteiger partial charge on any atom is 0.0635 e. The van der Waals surface area contributed by atoms with Crippen LogP contribution in [0.4, 0.5) is 0 Å². The van der Waals surface area contributed by atoms with Crippen molar-refractivity contribution >= 4 is 0 Å². The third-order valence-corrected chi connectivity index (χ3v) is 2.59. The molecule has 0 fully saturated rings. The molecule has 0 aromatic carbocycles. The number of unbranched alkanes of at least 4 members (excludes halogenated alkanes) is 3. The van der Waals surface area contributed by atoms with Crippen molar-refractivity contribution in [2.75, 3.05) is 13.1 Å². The Morgan fingerprint density at radius 2 is 2.00 bits per heavy atom. The fourth-order valence-corrected chi connectivity index (χ4v) is 1.60. The smallest absolute Gasteiger partial charge is 0.0635 e. The highest BCUT2D eigenvalue weighted by atomic mass is 15.1. The van der Waals surface area contributed by atoms with Gasteiger partial charge in [-0.15, -0.1) is 6.58 Å². The molecule has 0 saturated carbocycles. The summed E-state index contributed by atoms with van der Waals surface area (Å²) in [7, 11) is 0. The van der Waals surface area contributed by atoms with Crippen LogP contribution in [0.2, 0.25) is 0 Å². The van der Waals surface area contributed by atoms with E-state index in [2.05, 4.69) is 31.4 Å². The molecule has 0 N–H and O–H groups in total. The van der Waals surface area contributed by atoms with Crippen LogP contribution < -0.4 is 0 Å². The molecular formula is C13H24N2. The van der Waals surface area contributed by atoms with Crippen molar-refractivity contribution in [3.05, 3.63) is 12.7 Å². The highest BCUT2D eigenvalue weighted by molar-refractivity contribution is 4.74. The molecule has 0 unspecified atom stereocenters. The summed E-state index contributed by atoms with van der Waals surface area (Å²) in [4.78, 5) is 2.39. The summed E-state index contributed by atoms with van der Waals surface area (Å²) in [5.74, 6) is 0. The summed E-state index contributed by atoms with van der Waals surface area (Å²) in [6.45, 7) is 10.1. The molecule has 2 heteroatoms. The molecule has 0 saturated heterocycles. The molecule has 0 atom stereocenters. The van der Waals surface area contributed by atoms with E-state index in [4.69, 9.17) is 5.26 Å². The van der Waals surface area contributed by atoms with E-state index < -0.39 is 0 Å². The van der Waals surface area contributed by atoms with Gasteiger partial charge in [-0.1, -0.05) is 12.5 Å². The van der Waals surface area contributed by atoms with Gasteiger partial charge in [0.2, 0.25) is 0 Å². The van der Waals surface area contributed by atoms with Crippen LogP contribution >= 0.6 is 0 Å². The van der Waals surface area contributed by atoms with Crippen LogP contribution in [0.25, 0.3) is 0 Å². The summed E-state index contributed by atoms with van der Waals surface area (Å²) in [6.07, 6.45) is 7.49. The van der Waals surface area contributed by atoms with Crippen LogP contribution in [-0.4, -0.2) is 24.0 Å². The predicted molar refractivity (Wildman–Crippen MR) is 65.6 cm³/mol. The van der Waals surface area contributed by atoms with Gasteiger partial charge in [-0.2, -0.15) is 5.26 Å². The molecule has 86 valence electrons. The van der Waals surface area contributed by atoms with Gasteiger partial charge in [0, 0.05) is 19.0 Å². The van der Waals surface area contributed by atoms with Crippen LogP contribution in [0.5, 0.6) is 0 Å². The first-order chi connectivity index (χ1) is 7.22. The predicted octanol–water partition coefficient (Wildman–Crippen LogP) is 3.36. The van der Waals surface area contributed by atoms with Gasteiger partial charge < -0.3 is 0 Å². The minimum absolute atomic E-state index is 0.553. The average molecular weight is 208 g/mol. The highest BCUT2D eigenvalue weighted by Crippen LogP contribution is 2.05. The van der Waals surface area contributed by atoms with Crippen LogP contribution in [0, 0.1) is 11.3 Å². The number of hydrogen-bond donors (Lipinski definition) is 0. The standard InChI is InChI=1S/C13H24N2/c1-4-5-6-7-8-11-15(13(2)3)12-9-10-14/h4,13H,1,5-9,11-12H2,2-3H3. The second-order valence-electron chi connectivity index (χ2n) is 4.18. The third kappa shape index (κ3) is 8.20. The number of nitriles is 1. The lowest BCUT2D eigenvalue weighted by Gasteiger charge is -2.25. The van der Waals surface area contributed by atoms with Gasteiger partial charge in [0.25, 0.3) is 0 Å². The monoisotopic (exact) mass is 208 g/mol. The maximum absolute atomic E-state index is 8.55. The van der Waals surface area contributed by atoms with Crippen LogP contribution in [0.1, 0.15) is 46.0 Å². The van der Waals surface area contributed by atoms with Gasteiger partial charge in [0.1, 0.15) is 0 Å². The molecule has 0 bridgehead atoms. The fourth-order valence-electron chi connectivity index (χ4n) is 1.60. The van der Waals surface area contributed by atoms with Crippen molar-refractivity contribution in [1.29, 1.82) is 5.26 Å². The zero-order chi connectivity index (χ0) is 11.5. The maximum atomic E-state index is 8.55. The van der Waals surface area contributed by atoms with Crippen LogP contribution in [-0.2, 0) is 0 Å². The van der Waals surface area contributed by atoms with Crippen molar-refractivity contribution in [3.63, 3.8) is 0 Å². The Labute approximate surface area is 94.6 Å². The van der Waals surface area contributed by atoms with Crippen molar-refractivity contribution < 1.29 is 0 Å². The molecule has 2 nitrogen and oxygen atoms in total. The second-order valence-corrected chi connectivity index (χ2v) is 4.18. The molecule has 0 heterocycles. The average Bonchev–Trinajstić information content (AvgIpc) is 2.21. The lowest BCUT2D eigenvalue weighted by Crippen LogP contribution is -2.32. The Hall–Kier alpha value is -0.810. The SMILES string of the molecule is C=CCCCCCN(CCC#N)C(C)C. The Kier molecular flexibility index (Phi) is 9.21. The summed E-state index contributed by atoms with van der Waals surface area (Å²) in [5, 5.41) is 8.55. The van der Waals surface area contributed by atoms with Crippen molar-refractivity contribution in [2.24, 2.45) is 0 Å². The first kappa shape index (κ1) is 14.2. The molecule has 0 aromatic rings. The number of rotatable bonds is 9. The largest absolute Gasteiger partial charge is 0.300 e. The van der Waals surface area contributed by atoms with Gasteiger partial charge in [0.05, 0.1) is 6.07 Å². The Morgan fingerprint density at radius 3 is 2.53 bits per heavy atom. The van der Waals surface area contributed by atoms with E-state index in [1.54, 1.807) is 0 Å². The molecule has 0 aliphatic rings. The minimum atomic E-state index is 0.553.